The molecule has 3 fully saturated rings. The highest BCUT2D eigenvalue weighted by atomic mass is 16.6. The summed E-state index contributed by atoms with van der Waals surface area (Å²) in [5.41, 5.74) is 0. The predicted molar refractivity (Wildman–Crippen MR) is 46.4 cm³/mol. The monoisotopic (exact) mass is 190 g/mol. The summed E-state index contributed by atoms with van der Waals surface area (Å²) in [6.07, 6.45) is 4.57. The SMILES string of the molecule is O=C1C=CC(=O)[C@@H]2[C@H]3C[C@@H]([C@H]4O[C@H]34)[C@@H]12. The van der Waals surface area contributed by atoms with E-state index in [1.165, 1.54) is 12.2 Å². The van der Waals surface area contributed by atoms with Crippen LogP contribution in [0.25, 0.3) is 0 Å². The zero-order valence-corrected chi connectivity index (χ0v) is 7.55. The molecule has 1 aliphatic heterocycles. The molecule has 0 aromatic carbocycles. The molecule has 4 rings (SSSR count). The molecule has 0 unspecified atom stereocenters. The Bertz CT molecular complexity index is 350. The Labute approximate surface area is 81.1 Å². The van der Waals surface area contributed by atoms with Crippen molar-refractivity contribution >= 4 is 11.6 Å². The molecule has 3 heteroatoms. The van der Waals surface area contributed by atoms with Gasteiger partial charge < -0.3 is 4.74 Å². The number of hydrogen-bond acceptors (Lipinski definition) is 3. The molecule has 14 heavy (non-hydrogen) atoms. The summed E-state index contributed by atoms with van der Waals surface area (Å²) >= 11 is 0. The van der Waals surface area contributed by atoms with Crippen molar-refractivity contribution in [2.24, 2.45) is 23.7 Å². The van der Waals surface area contributed by atoms with Gasteiger partial charge in [-0.15, -0.1) is 0 Å². The van der Waals surface area contributed by atoms with Crippen molar-refractivity contribution in [3.8, 4) is 0 Å². The van der Waals surface area contributed by atoms with E-state index in [9.17, 15) is 9.59 Å². The van der Waals surface area contributed by atoms with Crippen LogP contribution in [0, 0.1) is 23.7 Å². The minimum absolute atomic E-state index is 0.0405. The van der Waals surface area contributed by atoms with Gasteiger partial charge in [0.25, 0.3) is 0 Å². The molecule has 2 saturated carbocycles. The Morgan fingerprint density at radius 1 is 1.00 bits per heavy atom. The van der Waals surface area contributed by atoms with Crippen LogP contribution >= 0.6 is 0 Å². The van der Waals surface area contributed by atoms with Gasteiger partial charge in [0.1, 0.15) is 0 Å². The Morgan fingerprint density at radius 3 is 2.00 bits per heavy atom. The van der Waals surface area contributed by atoms with Gasteiger partial charge in [-0.3, -0.25) is 9.59 Å². The number of ketones is 2. The number of carbonyl (C=O) groups is 2. The number of allylic oxidation sites excluding steroid dienone is 2. The second kappa shape index (κ2) is 2.01. The molecule has 0 aromatic heterocycles. The van der Waals surface area contributed by atoms with Gasteiger partial charge in [-0.2, -0.15) is 0 Å². The van der Waals surface area contributed by atoms with Crippen LogP contribution in [0.1, 0.15) is 6.42 Å². The minimum Gasteiger partial charge on any atom is -0.369 e. The molecule has 0 N–H and O–H groups in total. The molecular weight excluding hydrogens is 180 g/mol. The highest BCUT2D eigenvalue weighted by Gasteiger charge is 2.70. The topological polar surface area (TPSA) is 46.7 Å². The fourth-order valence-electron chi connectivity index (χ4n) is 3.80. The van der Waals surface area contributed by atoms with Gasteiger partial charge in [0.2, 0.25) is 0 Å². The third-order valence-electron chi connectivity index (χ3n) is 4.33. The third kappa shape index (κ3) is 0.630. The van der Waals surface area contributed by atoms with Crippen molar-refractivity contribution in [3.63, 3.8) is 0 Å². The zero-order chi connectivity index (χ0) is 9.45. The van der Waals surface area contributed by atoms with E-state index in [1.807, 2.05) is 0 Å². The molecule has 6 atom stereocenters. The summed E-state index contributed by atoms with van der Waals surface area (Å²) in [5.74, 6) is 0.905. The molecule has 0 spiro atoms. The van der Waals surface area contributed by atoms with E-state index in [2.05, 4.69) is 0 Å². The van der Waals surface area contributed by atoms with Crippen molar-refractivity contribution in [1.82, 2.24) is 0 Å². The Balaban J connectivity index is 1.84. The smallest absolute Gasteiger partial charge is 0.160 e. The Kier molecular flexibility index (Phi) is 1.05. The first kappa shape index (κ1) is 7.35. The summed E-state index contributed by atoms with van der Waals surface area (Å²) in [5, 5.41) is 0. The minimum atomic E-state index is -0.0405. The summed E-state index contributed by atoms with van der Waals surface area (Å²) < 4.78 is 5.50. The van der Waals surface area contributed by atoms with Crippen LogP contribution in [-0.2, 0) is 14.3 Å². The van der Waals surface area contributed by atoms with E-state index in [1.54, 1.807) is 0 Å². The summed E-state index contributed by atoms with van der Waals surface area (Å²) in [4.78, 5) is 23.4. The summed E-state index contributed by atoms with van der Waals surface area (Å²) in [7, 11) is 0. The lowest BCUT2D eigenvalue weighted by atomic mass is 9.72. The number of carbonyl (C=O) groups excluding carboxylic acids is 2. The summed E-state index contributed by atoms with van der Waals surface area (Å²) in [6.45, 7) is 0. The molecule has 0 amide bonds. The molecule has 1 saturated heterocycles. The van der Waals surface area contributed by atoms with Crippen LogP contribution in [0.5, 0.6) is 0 Å². The van der Waals surface area contributed by atoms with Crippen LogP contribution in [-0.4, -0.2) is 23.8 Å². The highest BCUT2D eigenvalue weighted by Crippen LogP contribution is 2.62. The number of fused-ring (bicyclic) bond motifs is 8. The van der Waals surface area contributed by atoms with Crippen LogP contribution in [0.4, 0.5) is 0 Å². The van der Waals surface area contributed by atoms with Crippen LogP contribution in [0.15, 0.2) is 12.2 Å². The van der Waals surface area contributed by atoms with Crippen LogP contribution < -0.4 is 0 Å². The highest BCUT2D eigenvalue weighted by molar-refractivity contribution is 6.08. The van der Waals surface area contributed by atoms with Crippen molar-refractivity contribution in [1.29, 1.82) is 0 Å². The number of epoxide rings is 1. The lowest BCUT2D eigenvalue weighted by Crippen LogP contribution is -2.39. The fraction of sp³-hybridized carbons (Fsp3) is 0.636. The number of hydrogen-bond donors (Lipinski definition) is 0. The molecule has 3 aliphatic carbocycles. The second-order valence-electron chi connectivity index (χ2n) is 4.82. The Morgan fingerprint density at radius 2 is 1.50 bits per heavy atom. The van der Waals surface area contributed by atoms with Crippen molar-refractivity contribution < 1.29 is 14.3 Å². The van der Waals surface area contributed by atoms with Gasteiger partial charge in [0, 0.05) is 11.8 Å². The van der Waals surface area contributed by atoms with Crippen molar-refractivity contribution in [3.05, 3.63) is 12.2 Å². The Hall–Kier alpha value is -0.960. The van der Waals surface area contributed by atoms with Gasteiger partial charge in [-0.1, -0.05) is 0 Å². The van der Waals surface area contributed by atoms with E-state index >= 15 is 0 Å². The number of rotatable bonds is 0. The van der Waals surface area contributed by atoms with Gasteiger partial charge >= 0.3 is 0 Å². The van der Waals surface area contributed by atoms with Crippen LogP contribution in [0.2, 0.25) is 0 Å². The molecule has 2 bridgehead atoms. The maximum absolute atomic E-state index is 11.7. The first-order valence-electron chi connectivity index (χ1n) is 5.18. The van der Waals surface area contributed by atoms with Crippen molar-refractivity contribution in [2.75, 3.05) is 0 Å². The van der Waals surface area contributed by atoms with E-state index < -0.39 is 0 Å². The first-order valence-corrected chi connectivity index (χ1v) is 5.18. The van der Waals surface area contributed by atoms with Crippen LogP contribution in [0.3, 0.4) is 0 Å². The molecular formula is C11H10O3. The molecule has 72 valence electrons. The fourth-order valence-corrected chi connectivity index (χ4v) is 3.80. The largest absolute Gasteiger partial charge is 0.369 e. The molecule has 3 nitrogen and oxygen atoms in total. The molecule has 0 aromatic rings. The maximum Gasteiger partial charge on any atom is 0.160 e. The lowest BCUT2D eigenvalue weighted by Gasteiger charge is -2.27. The van der Waals surface area contributed by atoms with E-state index in [-0.39, 0.29) is 23.4 Å². The van der Waals surface area contributed by atoms with Gasteiger partial charge in [-0.25, -0.2) is 0 Å². The molecule has 1 heterocycles. The molecule has 0 radical (unpaired) electrons. The van der Waals surface area contributed by atoms with Gasteiger partial charge in [0.05, 0.1) is 12.2 Å². The average Bonchev–Trinajstić information content (AvgIpc) is 2.79. The first-order chi connectivity index (χ1) is 6.77. The number of ether oxygens (including phenoxy) is 1. The normalized spacial score (nSPS) is 57.4. The van der Waals surface area contributed by atoms with Gasteiger partial charge in [0.15, 0.2) is 11.6 Å². The van der Waals surface area contributed by atoms with Crippen molar-refractivity contribution in [2.45, 2.75) is 18.6 Å². The predicted octanol–water partition coefficient (Wildman–Crippen LogP) is 0.344. The molecule has 4 aliphatic rings. The quantitative estimate of drug-likeness (QED) is 0.517. The second-order valence-corrected chi connectivity index (χ2v) is 4.82. The van der Waals surface area contributed by atoms with Gasteiger partial charge in [-0.05, 0) is 30.4 Å². The zero-order valence-electron chi connectivity index (χ0n) is 7.55. The van der Waals surface area contributed by atoms with E-state index in [0.717, 1.165) is 6.42 Å². The lowest BCUT2D eigenvalue weighted by molar-refractivity contribution is -0.130. The summed E-state index contributed by atoms with van der Waals surface area (Å²) in [6, 6.07) is 0. The third-order valence-corrected chi connectivity index (χ3v) is 4.33. The standard InChI is InChI=1S/C11H10O3/c12-6-1-2-7(13)9-5-3-4(8(6)9)10-11(5)14-10/h1-2,4-5,8-11H,3H2/t4-,5-,8+,9+,10-,11-/m1/s1. The average molecular weight is 190 g/mol. The van der Waals surface area contributed by atoms with E-state index in [4.69, 9.17) is 4.74 Å². The maximum atomic E-state index is 11.7. The van der Waals surface area contributed by atoms with E-state index in [0.29, 0.717) is 24.0 Å².